The Bertz CT molecular complexity index is 1320. The Kier molecular flexibility index (Phi) is 46.0. The summed E-state index contributed by atoms with van der Waals surface area (Å²) in [7, 11) is 0. The van der Waals surface area contributed by atoms with Crippen LogP contribution in [-0.4, -0.2) is 89.6 Å². The Morgan fingerprint density at radius 3 is 1.35 bits per heavy atom. The average molecular weight is 955 g/mol. The van der Waals surface area contributed by atoms with Gasteiger partial charge in [-0.25, -0.2) is 0 Å². The van der Waals surface area contributed by atoms with E-state index >= 15 is 0 Å². The predicted octanol–water partition coefficient (Wildman–Crippen LogP) is 14.1. The van der Waals surface area contributed by atoms with Crippen LogP contribution >= 0.6 is 0 Å². The van der Waals surface area contributed by atoms with E-state index in [1.165, 1.54) is 116 Å². The van der Waals surface area contributed by atoms with Crippen LogP contribution in [-0.2, 0) is 23.7 Å². The fourth-order valence-corrected chi connectivity index (χ4v) is 8.02. The van der Waals surface area contributed by atoms with Gasteiger partial charge in [0.05, 0.1) is 19.8 Å². The van der Waals surface area contributed by atoms with Crippen LogP contribution in [0, 0.1) is 0 Å². The van der Waals surface area contributed by atoms with E-state index in [9.17, 15) is 25.2 Å². The van der Waals surface area contributed by atoms with Crippen LogP contribution in [0.1, 0.15) is 219 Å². The highest BCUT2D eigenvalue weighted by molar-refractivity contribution is 5.69. The number of carbonyl (C=O) groups excluding carboxylic acids is 1. The van der Waals surface area contributed by atoms with Gasteiger partial charge >= 0.3 is 5.97 Å². The second-order valence-electron chi connectivity index (χ2n) is 18.6. The van der Waals surface area contributed by atoms with Crippen molar-refractivity contribution in [3.63, 3.8) is 0 Å². The first-order chi connectivity index (χ1) is 33.4. The molecule has 0 bridgehead atoms. The quantitative estimate of drug-likeness (QED) is 0.0267. The van der Waals surface area contributed by atoms with E-state index in [4.69, 9.17) is 18.9 Å². The highest BCUT2D eigenvalue weighted by Crippen LogP contribution is 2.23. The Morgan fingerprint density at radius 2 is 0.897 bits per heavy atom. The Morgan fingerprint density at radius 1 is 0.485 bits per heavy atom. The Balaban J connectivity index is 2.20. The number of rotatable bonds is 47. The van der Waals surface area contributed by atoms with Gasteiger partial charge in [0.2, 0.25) is 0 Å². The van der Waals surface area contributed by atoms with Gasteiger partial charge in [0.25, 0.3) is 0 Å². The van der Waals surface area contributed by atoms with Crippen LogP contribution in [0.15, 0.2) is 85.1 Å². The molecule has 0 saturated carbocycles. The summed E-state index contributed by atoms with van der Waals surface area (Å²) in [5.41, 5.74) is 0. The molecule has 0 aromatic rings. The molecular formula is C59H102O9. The molecule has 1 heterocycles. The number of aliphatic hydroxyl groups excluding tert-OH is 4. The molecule has 1 fully saturated rings. The summed E-state index contributed by atoms with van der Waals surface area (Å²) in [6.45, 7) is 4.42. The van der Waals surface area contributed by atoms with Gasteiger partial charge in [-0.1, -0.05) is 208 Å². The molecule has 4 N–H and O–H groups in total. The van der Waals surface area contributed by atoms with Crippen molar-refractivity contribution in [3.05, 3.63) is 85.1 Å². The van der Waals surface area contributed by atoms with Crippen molar-refractivity contribution in [3.8, 4) is 0 Å². The number of hydrogen-bond acceptors (Lipinski definition) is 9. The van der Waals surface area contributed by atoms with Crippen LogP contribution < -0.4 is 0 Å². The summed E-state index contributed by atoms with van der Waals surface area (Å²) in [5, 5.41) is 40.3. The standard InChI is InChI=1S/C59H102O9/c1-3-5-7-9-11-13-15-17-19-21-23-25-26-27-29-31-33-35-37-39-41-43-45-47-49-65-51-53(52-66-59-58(64)57(63)56(62)54(50-60)68-59)67-55(61)48-46-44-42-40-38-36-34-32-30-28-24-22-20-18-16-14-12-10-8-6-4-2/h5,7,11,13,16-19,22-25,27,29,53-54,56-60,62-64H,3-4,6,8-10,12,14-15,20-21,26,28,30-52H2,1-2H3/b7-5-,13-11-,18-16-,19-17-,24-22-,25-23-,29-27-. The second-order valence-corrected chi connectivity index (χ2v) is 18.6. The summed E-state index contributed by atoms with van der Waals surface area (Å²) < 4.78 is 22.9. The van der Waals surface area contributed by atoms with Crippen molar-refractivity contribution in [1.29, 1.82) is 0 Å². The van der Waals surface area contributed by atoms with E-state index in [2.05, 4.69) is 98.9 Å². The highest BCUT2D eigenvalue weighted by Gasteiger charge is 2.44. The van der Waals surface area contributed by atoms with Crippen LogP contribution in [0.25, 0.3) is 0 Å². The van der Waals surface area contributed by atoms with Crippen molar-refractivity contribution >= 4 is 5.97 Å². The molecule has 6 unspecified atom stereocenters. The summed E-state index contributed by atoms with van der Waals surface area (Å²) >= 11 is 0. The minimum absolute atomic E-state index is 0.123. The van der Waals surface area contributed by atoms with Crippen LogP contribution in [0.3, 0.4) is 0 Å². The van der Waals surface area contributed by atoms with Gasteiger partial charge in [0.1, 0.15) is 30.5 Å². The lowest BCUT2D eigenvalue weighted by Crippen LogP contribution is -2.59. The SMILES string of the molecule is CC/C=C\C/C=C\C/C=C\C/C=C\C/C=C\CCCCCCCCCCOCC(COC1OC(CO)C(O)C(O)C1O)OC(=O)CCCCCCCCCCC/C=C\C/C=C\CCCCCCC. The number of carbonyl (C=O) groups is 1. The first-order valence-electron chi connectivity index (χ1n) is 27.7. The number of hydrogen-bond donors (Lipinski definition) is 4. The Labute approximate surface area is 416 Å². The van der Waals surface area contributed by atoms with Gasteiger partial charge in [-0.2, -0.15) is 0 Å². The average Bonchev–Trinajstić information content (AvgIpc) is 3.34. The van der Waals surface area contributed by atoms with Crippen LogP contribution in [0.5, 0.6) is 0 Å². The van der Waals surface area contributed by atoms with E-state index in [-0.39, 0.29) is 19.2 Å². The van der Waals surface area contributed by atoms with Crippen molar-refractivity contribution in [2.75, 3.05) is 26.4 Å². The fourth-order valence-electron chi connectivity index (χ4n) is 8.02. The number of ether oxygens (including phenoxy) is 4. The summed E-state index contributed by atoms with van der Waals surface area (Å²) in [5.74, 6) is -0.322. The second kappa shape index (κ2) is 49.4. The van der Waals surface area contributed by atoms with Gasteiger partial charge in [-0.15, -0.1) is 0 Å². The largest absolute Gasteiger partial charge is 0.457 e. The van der Waals surface area contributed by atoms with Crippen molar-refractivity contribution in [1.82, 2.24) is 0 Å². The molecule has 0 aliphatic carbocycles. The molecule has 9 nitrogen and oxygen atoms in total. The van der Waals surface area contributed by atoms with Crippen molar-refractivity contribution in [2.45, 2.75) is 256 Å². The molecule has 9 heteroatoms. The maximum absolute atomic E-state index is 12.9. The third-order valence-corrected chi connectivity index (χ3v) is 12.3. The molecule has 1 rings (SSSR count). The van der Waals surface area contributed by atoms with E-state index < -0.39 is 43.4 Å². The van der Waals surface area contributed by atoms with Gasteiger partial charge < -0.3 is 39.4 Å². The molecule has 1 saturated heterocycles. The first kappa shape index (κ1) is 63.4. The predicted molar refractivity (Wildman–Crippen MR) is 283 cm³/mol. The first-order valence-corrected chi connectivity index (χ1v) is 27.7. The molecule has 6 atom stereocenters. The molecule has 0 radical (unpaired) electrons. The zero-order valence-electron chi connectivity index (χ0n) is 43.3. The molecule has 0 aromatic carbocycles. The zero-order valence-corrected chi connectivity index (χ0v) is 43.3. The van der Waals surface area contributed by atoms with E-state index in [0.717, 1.165) is 83.5 Å². The maximum Gasteiger partial charge on any atom is 0.306 e. The molecule has 1 aliphatic rings. The van der Waals surface area contributed by atoms with Crippen molar-refractivity contribution < 1.29 is 44.2 Å². The molecule has 68 heavy (non-hydrogen) atoms. The monoisotopic (exact) mass is 955 g/mol. The minimum Gasteiger partial charge on any atom is -0.457 e. The molecule has 0 amide bonds. The van der Waals surface area contributed by atoms with Crippen LogP contribution in [0.4, 0.5) is 0 Å². The van der Waals surface area contributed by atoms with Gasteiger partial charge in [-0.3, -0.25) is 4.79 Å². The minimum atomic E-state index is -1.54. The molecule has 392 valence electrons. The topological polar surface area (TPSA) is 135 Å². The summed E-state index contributed by atoms with van der Waals surface area (Å²) in [6, 6.07) is 0. The lowest BCUT2D eigenvalue weighted by Gasteiger charge is -2.39. The van der Waals surface area contributed by atoms with Gasteiger partial charge in [0.15, 0.2) is 6.29 Å². The van der Waals surface area contributed by atoms with E-state index in [1.807, 2.05) is 0 Å². The van der Waals surface area contributed by atoms with E-state index in [1.54, 1.807) is 0 Å². The molecule has 0 aromatic heterocycles. The Hall–Kier alpha value is -2.63. The normalized spacial score (nSPS) is 19.8. The molecule has 1 aliphatic heterocycles. The highest BCUT2D eigenvalue weighted by atomic mass is 16.7. The fraction of sp³-hybridized carbons (Fsp3) is 0.746. The number of allylic oxidation sites excluding steroid dienone is 14. The maximum atomic E-state index is 12.9. The smallest absolute Gasteiger partial charge is 0.306 e. The number of unbranched alkanes of at least 4 members (excludes halogenated alkanes) is 22. The molecular weight excluding hydrogens is 853 g/mol. The lowest BCUT2D eigenvalue weighted by molar-refractivity contribution is -0.305. The molecule has 0 spiro atoms. The lowest BCUT2D eigenvalue weighted by atomic mass is 9.99. The third-order valence-electron chi connectivity index (χ3n) is 12.3. The zero-order chi connectivity index (χ0) is 49.2. The summed E-state index contributed by atoms with van der Waals surface area (Å²) in [4.78, 5) is 12.9. The third kappa shape index (κ3) is 39.1. The van der Waals surface area contributed by atoms with Crippen molar-refractivity contribution in [2.24, 2.45) is 0 Å². The number of aliphatic hydroxyl groups is 4. The van der Waals surface area contributed by atoms with Crippen LogP contribution in [0.2, 0.25) is 0 Å². The van der Waals surface area contributed by atoms with Gasteiger partial charge in [-0.05, 0) is 89.9 Å². The summed E-state index contributed by atoms with van der Waals surface area (Å²) in [6.07, 6.45) is 60.4. The number of esters is 1. The van der Waals surface area contributed by atoms with E-state index in [0.29, 0.717) is 13.0 Å². The van der Waals surface area contributed by atoms with Gasteiger partial charge in [0, 0.05) is 13.0 Å².